The summed E-state index contributed by atoms with van der Waals surface area (Å²) < 4.78 is 5.09. The zero-order valence-corrected chi connectivity index (χ0v) is 8.39. The summed E-state index contributed by atoms with van der Waals surface area (Å²) in [6.07, 6.45) is 1.59. The smallest absolute Gasteiger partial charge is 0.323 e. The highest BCUT2D eigenvalue weighted by molar-refractivity contribution is 5.75. The SMILES string of the molecule is CCC[C@@H](N)C(=O)OC(C)(C)C. The first-order valence-electron chi connectivity index (χ1n) is 4.35. The van der Waals surface area contributed by atoms with Crippen LogP contribution in [-0.2, 0) is 9.53 Å². The molecule has 0 aromatic carbocycles. The summed E-state index contributed by atoms with van der Waals surface area (Å²) in [5, 5.41) is 0. The van der Waals surface area contributed by atoms with E-state index >= 15 is 0 Å². The number of nitrogens with two attached hydrogens (primary N) is 1. The van der Waals surface area contributed by atoms with Crippen LogP contribution in [0.5, 0.6) is 0 Å². The maximum atomic E-state index is 11.2. The molecule has 12 heavy (non-hydrogen) atoms. The van der Waals surface area contributed by atoms with Crippen molar-refractivity contribution in [1.82, 2.24) is 0 Å². The van der Waals surface area contributed by atoms with Crippen LogP contribution >= 0.6 is 0 Å². The van der Waals surface area contributed by atoms with Crippen LogP contribution in [0.3, 0.4) is 0 Å². The maximum Gasteiger partial charge on any atom is 0.323 e. The lowest BCUT2D eigenvalue weighted by atomic mass is 10.1. The summed E-state index contributed by atoms with van der Waals surface area (Å²) in [6.45, 7) is 7.50. The Morgan fingerprint density at radius 3 is 2.33 bits per heavy atom. The molecule has 2 N–H and O–H groups in total. The number of carbonyl (C=O) groups excluding carboxylic acids is 1. The van der Waals surface area contributed by atoms with E-state index in [1.165, 1.54) is 0 Å². The number of hydrogen-bond acceptors (Lipinski definition) is 3. The highest BCUT2D eigenvalue weighted by Gasteiger charge is 2.20. The third-order valence-corrected chi connectivity index (χ3v) is 1.31. The fourth-order valence-corrected chi connectivity index (χ4v) is 0.806. The molecular weight excluding hydrogens is 154 g/mol. The Balaban J connectivity index is 3.87. The Hall–Kier alpha value is -0.570. The van der Waals surface area contributed by atoms with Crippen molar-refractivity contribution in [3.05, 3.63) is 0 Å². The Labute approximate surface area is 74.3 Å². The molecule has 3 nitrogen and oxygen atoms in total. The summed E-state index contributed by atoms with van der Waals surface area (Å²) in [5.74, 6) is -0.302. The highest BCUT2D eigenvalue weighted by atomic mass is 16.6. The Bertz CT molecular complexity index is 149. The first kappa shape index (κ1) is 11.4. The van der Waals surface area contributed by atoms with Crippen molar-refractivity contribution >= 4 is 5.97 Å². The summed E-state index contributed by atoms with van der Waals surface area (Å²) in [6, 6.07) is -0.464. The number of rotatable bonds is 3. The molecule has 0 fully saturated rings. The minimum atomic E-state index is -0.464. The molecule has 0 radical (unpaired) electrons. The molecule has 0 amide bonds. The zero-order valence-electron chi connectivity index (χ0n) is 8.39. The molecular formula is C9H19NO2. The number of hydrogen-bond donors (Lipinski definition) is 1. The lowest BCUT2D eigenvalue weighted by Crippen LogP contribution is -2.37. The van der Waals surface area contributed by atoms with Gasteiger partial charge in [0.1, 0.15) is 11.6 Å². The maximum absolute atomic E-state index is 11.2. The topological polar surface area (TPSA) is 52.3 Å². The normalized spacial score (nSPS) is 14.1. The molecule has 0 heterocycles. The molecule has 0 aliphatic rings. The second kappa shape index (κ2) is 4.45. The van der Waals surface area contributed by atoms with Crippen LogP contribution < -0.4 is 5.73 Å². The van der Waals surface area contributed by atoms with Crippen molar-refractivity contribution in [2.24, 2.45) is 5.73 Å². The first-order chi connectivity index (χ1) is 5.37. The van der Waals surface area contributed by atoms with E-state index in [0.29, 0.717) is 6.42 Å². The van der Waals surface area contributed by atoms with Gasteiger partial charge in [-0.05, 0) is 27.2 Å². The average molecular weight is 173 g/mol. The van der Waals surface area contributed by atoms with E-state index in [0.717, 1.165) is 6.42 Å². The molecule has 0 saturated carbocycles. The molecule has 0 unspecified atom stereocenters. The van der Waals surface area contributed by atoms with Crippen molar-refractivity contribution in [1.29, 1.82) is 0 Å². The van der Waals surface area contributed by atoms with E-state index in [-0.39, 0.29) is 5.97 Å². The third kappa shape index (κ3) is 5.13. The van der Waals surface area contributed by atoms with Crippen molar-refractivity contribution < 1.29 is 9.53 Å². The molecule has 0 aliphatic carbocycles. The van der Waals surface area contributed by atoms with Gasteiger partial charge in [0.15, 0.2) is 0 Å². The van der Waals surface area contributed by atoms with Crippen molar-refractivity contribution in [3.63, 3.8) is 0 Å². The second-order valence-electron chi connectivity index (χ2n) is 3.93. The van der Waals surface area contributed by atoms with Crippen LogP contribution in [0.25, 0.3) is 0 Å². The van der Waals surface area contributed by atoms with E-state index in [4.69, 9.17) is 10.5 Å². The van der Waals surface area contributed by atoms with Gasteiger partial charge in [-0.25, -0.2) is 0 Å². The summed E-state index contributed by atoms with van der Waals surface area (Å²) in [5.41, 5.74) is 5.13. The largest absolute Gasteiger partial charge is 0.459 e. The van der Waals surface area contributed by atoms with Gasteiger partial charge >= 0.3 is 5.97 Å². The number of carbonyl (C=O) groups is 1. The molecule has 0 aromatic rings. The average Bonchev–Trinajstić information content (AvgIpc) is 1.84. The molecule has 0 rings (SSSR count). The van der Waals surface area contributed by atoms with E-state index in [1.54, 1.807) is 0 Å². The summed E-state index contributed by atoms with van der Waals surface area (Å²) >= 11 is 0. The highest BCUT2D eigenvalue weighted by Crippen LogP contribution is 2.09. The lowest BCUT2D eigenvalue weighted by molar-refractivity contribution is -0.156. The predicted molar refractivity (Wildman–Crippen MR) is 48.7 cm³/mol. The van der Waals surface area contributed by atoms with E-state index in [2.05, 4.69) is 0 Å². The van der Waals surface area contributed by atoms with Gasteiger partial charge in [-0.15, -0.1) is 0 Å². The van der Waals surface area contributed by atoms with Gasteiger partial charge in [-0.3, -0.25) is 4.79 Å². The zero-order chi connectivity index (χ0) is 9.78. The Kier molecular flexibility index (Phi) is 4.24. The van der Waals surface area contributed by atoms with Crippen LogP contribution in [0, 0.1) is 0 Å². The first-order valence-corrected chi connectivity index (χ1v) is 4.35. The van der Waals surface area contributed by atoms with Crippen LogP contribution in [0.2, 0.25) is 0 Å². The third-order valence-electron chi connectivity index (χ3n) is 1.31. The van der Waals surface area contributed by atoms with E-state index < -0.39 is 11.6 Å². The fourth-order valence-electron chi connectivity index (χ4n) is 0.806. The minimum absolute atomic E-state index is 0.302. The van der Waals surface area contributed by atoms with Gasteiger partial charge in [0.2, 0.25) is 0 Å². The van der Waals surface area contributed by atoms with Gasteiger partial charge in [0.25, 0.3) is 0 Å². The number of esters is 1. The van der Waals surface area contributed by atoms with Gasteiger partial charge in [-0.1, -0.05) is 13.3 Å². The van der Waals surface area contributed by atoms with Gasteiger partial charge in [0.05, 0.1) is 0 Å². The Morgan fingerprint density at radius 2 is 2.00 bits per heavy atom. The van der Waals surface area contributed by atoms with Crippen LogP contribution in [0.4, 0.5) is 0 Å². The summed E-state index contributed by atoms with van der Waals surface area (Å²) in [4.78, 5) is 11.2. The van der Waals surface area contributed by atoms with E-state index in [9.17, 15) is 4.79 Å². The molecule has 3 heteroatoms. The molecule has 0 bridgehead atoms. The lowest BCUT2D eigenvalue weighted by Gasteiger charge is -2.21. The van der Waals surface area contributed by atoms with Crippen LogP contribution in [0.15, 0.2) is 0 Å². The fraction of sp³-hybridized carbons (Fsp3) is 0.889. The molecule has 0 aromatic heterocycles. The monoisotopic (exact) mass is 173 g/mol. The quantitative estimate of drug-likeness (QED) is 0.657. The van der Waals surface area contributed by atoms with E-state index in [1.807, 2.05) is 27.7 Å². The van der Waals surface area contributed by atoms with Crippen molar-refractivity contribution in [2.45, 2.75) is 52.2 Å². The van der Waals surface area contributed by atoms with Crippen LogP contribution in [0.1, 0.15) is 40.5 Å². The predicted octanol–water partition coefficient (Wildman–Crippen LogP) is 1.46. The summed E-state index contributed by atoms with van der Waals surface area (Å²) in [7, 11) is 0. The molecule has 72 valence electrons. The van der Waals surface area contributed by atoms with Gasteiger partial charge in [-0.2, -0.15) is 0 Å². The van der Waals surface area contributed by atoms with Gasteiger partial charge in [0, 0.05) is 0 Å². The second-order valence-corrected chi connectivity index (χ2v) is 3.93. The van der Waals surface area contributed by atoms with Crippen molar-refractivity contribution in [3.8, 4) is 0 Å². The molecule has 0 saturated heterocycles. The Morgan fingerprint density at radius 1 is 1.50 bits per heavy atom. The standard InChI is InChI=1S/C9H19NO2/c1-5-6-7(10)8(11)12-9(2,3)4/h7H,5-6,10H2,1-4H3/t7-/m1/s1. The minimum Gasteiger partial charge on any atom is -0.459 e. The molecule has 0 spiro atoms. The van der Waals surface area contributed by atoms with Gasteiger partial charge < -0.3 is 10.5 Å². The van der Waals surface area contributed by atoms with Crippen LogP contribution in [-0.4, -0.2) is 17.6 Å². The van der Waals surface area contributed by atoms with Crippen molar-refractivity contribution in [2.75, 3.05) is 0 Å². The molecule has 1 atom stereocenters. The number of ether oxygens (including phenoxy) is 1. The molecule has 0 aliphatic heterocycles.